The first-order valence-electron chi connectivity index (χ1n) is 10.6. The normalized spacial score (nSPS) is 11.7. The Morgan fingerprint density at radius 1 is 1.00 bits per heavy atom. The van der Waals surface area contributed by atoms with Crippen LogP contribution in [0.4, 0.5) is 8.78 Å². The number of para-hydroxylation sites is 2. The molecule has 1 heterocycles. The monoisotopic (exact) mass is 480 g/mol. The number of hydrogen-bond donors (Lipinski definition) is 1. The highest BCUT2D eigenvalue weighted by molar-refractivity contribution is 8.00. The van der Waals surface area contributed by atoms with E-state index in [0.717, 1.165) is 11.3 Å². The van der Waals surface area contributed by atoms with Crippen LogP contribution in [-0.2, 0) is 17.9 Å². The van der Waals surface area contributed by atoms with E-state index in [1.165, 1.54) is 30.0 Å². The van der Waals surface area contributed by atoms with Crippen LogP contribution in [-0.4, -0.2) is 25.9 Å². The van der Waals surface area contributed by atoms with Gasteiger partial charge in [0.1, 0.15) is 12.4 Å². The lowest BCUT2D eigenvalue weighted by atomic mass is 10.2. The van der Waals surface area contributed by atoms with Crippen LogP contribution in [0.15, 0.2) is 84.0 Å². The minimum Gasteiger partial charge on any atom is -0.483 e. The molecule has 0 saturated carbocycles. The lowest BCUT2D eigenvalue weighted by molar-refractivity contribution is -0.120. The molecule has 1 unspecified atom stereocenters. The van der Waals surface area contributed by atoms with E-state index in [0.29, 0.717) is 11.0 Å². The predicted molar refractivity (Wildman–Crippen MR) is 126 cm³/mol. The van der Waals surface area contributed by atoms with Gasteiger partial charge in [-0.25, -0.2) is 8.78 Å². The van der Waals surface area contributed by atoms with Crippen LogP contribution in [0.5, 0.6) is 5.75 Å². The van der Waals surface area contributed by atoms with E-state index in [9.17, 15) is 13.6 Å². The first-order chi connectivity index (χ1) is 16.5. The summed E-state index contributed by atoms with van der Waals surface area (Å²) in [6.07, 6.45) is 0. The average Bonchev–Trinajstić information content (AvgIpc) is 3.25. The number of aromatic nitrogens is 3. The van der Waals surface area contributed by atoms with E-state index in [4.69, 9.17) is 4.74 Å². The smallest absolute Gasteiger partial charge is 0.233 e. The maximum atomic E-state index is 14.0. The minimum absolute atomic E-state index is 0.00542. The molecule has 0 saturated heterocycles. The number of halogens is 2. The molecular formula is C25H22F2N4O2S. The van der Waals surface area contributed by atoms with Gasteiger partial charge in [-0.05, 0) is 48.9 Å². The molecule has 0 radical (unpaired) electrons. The van der Waals surface area contributed by atoms with Gasteiger partial charge >= 0.3 is 0 Å². The van der Waals surface area contributed by atoms with E-state index in [-0.39, 0.29) is 30.6 Å². The lowest BCUT2D eigenvalue weighted by Gasteiger charge is -2.14. The molecule has 0 aliphatic rings. The molecule has 0 aliphatic carbocycles. The van der Waals surface area contributed by atoms with Gasteiger partial charge in [-0.3, -0.25) is 9.36 Å². The fraction of sp³-hybridized carbons (Fsp3) is 0.160. The summed E-state index contributed by atoms with van der Waals surface area (Å²) < 4.78 is 34.5. The second-order valence-electron chi connectivity index (χ2n) is 7.39. The highest BCUT2D eigenvalue weighted by atomic mass is 32.2. The lowest BCUT2D eigenvalue weighted by Crippen LogP contribution is -2.30. The van der Waals surface area contributed by atoms with E-state index in [2.05, 4.69) is 15.5 Å². The van der Waals surface area contributed by atoms with Crippen molar-refractivity contribution in [1.82, 2.24) is 20.1 Å². The van der Waals surface area contributed by atoms with Gasteiger partial charge in [0.15, 0.2) is 22.5 Å². The van der Waals surface area contributed by atoms with Gasteiger partial charge in [0, 0.05) is 12.2 Å². The zero-order valence-electron chi connectivity index (χ0n) is 18.3. The zero-order valence-corrected chi connectivity index (χ0v) is 19.1. The molecule has 6 nitrogen and oxygen atoms in total. The van der Waals surface area contributed by atoms with Gasteiger partial charge in [0.05, 0.1) is 5.25 Å². The molecule has 1 N–H and O–H groups in total. The molecule has 0 fully saturated rings. The number of amides is 1. The molecule has 9 heteroatoms. The fourth-order valence-corrected chi connectivity index (χ4v) is 4.07. The second kappa shape index (κ2) is 10.9. The maximum Gasteiger partial charge on any atom is 0.233 e. The molecule has 3 aromatic carbocycles. The summed E-state index contributed by atoms with van der Waals surface area (Å²) in [5, 5.41) is 11.4. The first-order valence-corrected chi connectivity index (χ1v) is 11.4. The van der Waals surface area contributed by atoms with Crippen molar-refractivity contribution in [2.75, 3.05) is 0 Å². The molecule has 34 heavy (non-hydrogen) atoms. The van der Waals surface area contributed by atoms with Gasteiger partial charge in [-0.15, -0.1) is 10.2 Å². The SMILES string of the molecule is CC(Sc1nnc(COc2ccccc2F)n1-c1ccccc1)C(=O)NCc1ccc(F)cc1. The Morgan fingerprint density at radius 2 is 1.71 bits per heavy atom. The van der Waals surface area contributed by atoms with E-state index < -0.39 is 11.1 Å². The Labute approximate surface area is 200 Å². The van der Waals surface area contributed by atoms with Gasteiger partial charge in [0.25, 0.3) is 0 Å². The molecular weight excluding hydrogens is 458 g/mol. The Kier molecular flexibility index (Phi) is 7.54. The molecule has 174 valence electrons. The standard InChI is InChI=1S/C25H22F2N4O2S/c1-17(24(32)28-15-18-11-13-19(26)14-12-18)34-25-30-29-23(31(25)20-7-3-2-4-8-20)16-33-22-10-6-5-9-21(22)27/h2-14,17H,15-16H2,1H3,(H,28,32). The van der Waals surface area contributed by atoms with Gasteiger partial charge in [-0.2, -0.15) is 0 Å². The van der Waals surface area contributed by atoms with E-state index in [1.807, 2.05) is 30.3 Å². The van der Waals surface area contributed by atoms with Crippen molar-refractivity contribution >= 4 is 17.7 Å². The highest BCUT2D eigenvalue weighted by Crippen LogP contribution is 2.27. The second-order valence-corrected chi connectivity index (χ2v) is 8.70. The summed E-state index contributed by atoms with van der Waals surface area (Å²) in [7, 11) is 0. The Bertz CT molecular complexity index is 1250. The van der Waals surface area contributed by atoms with Crippen molar-refractivity contribution in [3.05, 3.63) is 102 Å². The van der Waals surface area contributed by atoms with Crippen LogP contribution in [0.3, 0.4) is 0 Å². The summed E-state index contributed by atoms with van der Waals surface area (Å²) >= 11 is 1.24. The van der Waals surface area contributed by atoms with Crippen molar-refractivity contribution in [1.29, 1.82) is 0 Å². The summed E-state index contributed by atoms with van der Waals surface area (Å²) in [6.45, 7) is 2.05. The maximum absolute atomic E-state index is 14.0. The fourth-order valence-electron chi connectivity index (χ4n) is 3.16. The van der Waals surface area contributed by atoms with Crippen LogP contribution in [0.1, 0.15) is 18.3 Å². The van der Waals surface area contributed by atoms with Crippen molar-refractivity contribution < 1.29 is 18.3 Å². The Balaban J connectivity index is 1.48. The third kappa shape index (κ3) is 5.79. The largest absolute Gasteiger partial charge is 0.483 e. The van der Waals surface area contributed by atoms with Crippen LogP contribution >= 0.6 is 11.8 Å². The van der Waals surface area contributed by atoms with E-state index in [1.54, 1.807) is 41.8 Å². The average molecular weight is 481 g/mol. The highest BCUT2D eigenvalue weighted by Gasteiger charge is 2.21. The molecule has 0 bridgehead atoms. The number of thioether (sulfide) groups is 1. The first kappa shape index (κ1) is 23.4. The quantitative estimate of drug-likeness (QED) is 0.345. The van der Waals surface area contributed by atoms with Crippen LogP contribution in [0.2, 0.25) is 0 Å². The summed E-state index contributed by atoms with van der Waals surface area (Å²) in [4.78, 5) is 12.7. The van der Waals surface area contributed by atoms with Crippen molar-refractivity contribution in [3.8, 4) is 11.4 Å². The van der Waals surface area contributed by atoms with Crippen LogP contribution in [0.25, 0.3) is 5.69 Å². The van der Waals surface area contributed by atoms with Crippen molar-refractivity contribution in [2.45, 2.75) is 30.5 Å². The number of ether oxygens (including phenoxy) is 1. The van der Waals surface area contributed by atoms with Crippen molar-refractivity contribution in [3.63, 3.8) is 0 Å². The van der Waals surface area contributed by atoms with Crippen LogP contribution < -0.4 is 10.1 Å². The third-order valence-corrected chi connectivity index (χ3v) is 5.98. The zero-order chi connectivity index (χ0) is 23.9. The molecule has 4 aromatic rings. The van der Waals surface area contributed by atoms with Gasteiger partial charge in [-0.1, -0.05) is 54.2 Å². The summed E-state index contributed by atoms with van der Waals surface area (Å²) in [6, 6.07) is 21.5. The Hall–Kier alpha value is -3.72. The number of carbonyl (C=O) groups is 1. The minimum atomic E-state index is -0.479. The molecule has 1 aromatic heterocycles. The number of carbonyl (C=O) groups excluding carboxylic acids is 1. The van der Waals surface area contributed by atoms with Gasteiger partial charge < -0.3 is 10.1 Å². The van der Waals surface area contributed by atoms with Crippen LogP contribution in [0, 0.1) is 11.6 Å². The molecule has 0 spiro atoms. The molecule has 1 amide bonds. The molecule has 1 atom stereocenters. The third-order valence-electron chi connectivity index (χ3n) is 4.94. The Morgan fingerprint density at radius 3 is 2.44 bits per heavy atom. The number of nitrogens with one attached hydrogen (secondary N) is 1. The number of rotatable bonds is 9. The number of hydrogen-bond acceptors (Lipinski definition) is 5. The summed E-state index contributed by atoms with van der Waals surface area (Å²) in [5.74, 6) is -0.395. The predicted octanol–water partition coefficient (Wildman–Crippen LogP) is 4.92. The van der Waals surface area contributed by atoms with E-state index >= 15 is 0 Å². The topological polar surface area (TPSA) is 69.0 Å². The van der Waals surface area contributed by atoms with Crippen molar-refractivity contribution in [2.24, 2.45) is 0 Å². The number of nitrogens with zero attached hydrogens (tertiary/aromatic N) is 3. The number of benzene rings is 3. The summed E-state index contributed by atoms with van der Waals surface area (Å²) in [5.41, 5.74) is 1.59. The molecule has 4 rings (SSSR count). The molecule has 0 aliphatic heterocycles. The van der Waals surface area contributed by atoms with Gasteiger partial charge in [0.2, 0.25) is 5.91 Å².